The van der Waals surface area contributed by atoms with Gasteiger partial charge in [0.1, 0.15) is 29.9 Å². The van der Waals surface area contributed by atoms with Crippen LogP contribution in [-0.4, -0.2) is 63.3 Å². The van der Waals surface area contributed by atoms with Crippen LogP contribution in [0.3, 0.4) is 0 Å². The number of carbonyl (C=O) groups excluding carboxylic acids is 1. The fraction of sp³-hybridized carbons (Fsp3) is 0.420. The minimum absolute atomic E-state index is 0.00111. The standard InChI is InChI=1S/C69H81N3O9/c1-3-5-6-7-8-9-10-11-15-31-66(75)71(48-55-28-22-27-53-25-16-17-29-59(53)55)65-47-63(70-79-49-50-32-36-56(37-33-50)72(76)77)61-45-54(26-18-20-42-73)60(30-19-21-43-74)67-62-46-58(40-41-64(62)81-69(65,68(61)67)78-44-4-2)80-57-38-34-52(35-39-57)51-23-13-12-14-24-51/h4,12-14,16-17,22-25,27-29,32-41,45-46,54,60,65,67-68,73-74H,2-3,5-11,15,18-21,26,30-31,42-44,47-49H2,1H3/t54-,60+,65-,67+,68+,69+/m0/s1. The number of nitrogens with zero attached hydrogens (tertiary/aromatic N) is 3. The van der Waals surface area contributed by atoms with Crippen molar-refractivity contribution < 1.29 is 39.0 Å². The molecule has 0 spiro atoms. The van der Waals surface area contributed by atoms with Gasteiger partial charge in [0.15, 0.2) is 0 Å². The molecule has 6 aromatic rings. The summed E-state index contributed by atoms with van der Waals surface area (Å²) in [6.07, 6.45) is 19.2. The fourth-order valence-electron chi connectivity index (χ4n) is 12.8. The van der Waals surface area contributed by atoms with Crippen molar-refractivity contribution in [2.45, 2.75) is 147 Å². The number of nitro groups is 1. The molecule has 0 saturated heterocycles. The van der Waals surface area contributed by atoms with Crippen LogP contribution in [-0.2, 0) is 27.5 Å². The molecule has 6 aromatic carbocycles. The average Bonchev–Trinajstić information content (AvgIpc) is 3.62. The van der Waals surface area contributed by atoms with E-state index in [1.165, 1.54) is 44.2 Å². The summed E-state index contributed by atoms with van der Waals surface area (Å²) in [6.45, 7) is 7.02. The molecule has 1 aliphatic heterocycles. The number of rotatable bonds is 31. The molecule has 0 bridgehead atoms. The van der Waals surface area contributed by atoms with Crippen LogP contribution in [0.1, 0.15) is 139 Å². The number of oxime groups is 1. The largest absolute Gasteiger partial charge is 0.459 e. The van der Waals surface area contributed by atoms with E-state index in [-0.39, 0.29) is 68.7 Å². The van der Waals surface area contributed by atoms with E-state index in [9.17, 15) is 20.3 Å². The summed E-state index contributed by atoms with van der Waals surface area (Å²) in [5.41, 5.74) is 6.45. The molecular weight excluding hydrogens is 1010 g/mol. The zero-order valence-corrected chi connectivity index (χ0v) is 47.2. The Bertz CT molecular complexity index is 3060. The maximum atomic E-state index is 15.7. The Balaban J connectivity index is 1.19. The molecule has 9 rings (SSSR count). The lowest BCUT2D eigenvalue weighted by atomic mass is 9.55. The molecule has 0 radical (unpaired) electrons. The van der Waals surface area contributed by atoms with Gasteiger partial charge in [-0.05, 0) is 125 Å². The number of aliphatic hydroxyl groups excluding tert-OH is 2. The van der Waals surface area contributed by atoms with Crippen LogP contribution in [0, 0.1) is 27.9 Å². The first-order valence-corrected chi connectivity index (χ1v) is 29.8. The fourth-order valence-corrected chi connectivity index (χ4v) is 12.8. The highest BCUT2D eigenvalue weighted by atomic mass is 16.7. The number of amides is 1. The lowest BCUT2D eigenvalue weighted by molar-refractivity contribution is -0.384. The molecule has 3 aliphatic rings. The predicted molar refractivity (Wildman–Crippen MR) is 321 cm³/mol. The molecule has 12 heteroatoms. The Kier molecular flexibility index (Phi) is 21.0. The number of nitro benzene ring substituents is 1. The van der Waals surface area contributed by atoms with Crippen molar-refractivity contribution in [1.82, 2.24) is 4.90 Å². The number of hydrogen-bond acceptors (Lipinski definition) is 10. The summed E-state index contributed by atoms with van der Waals surface area (Å²) in [4.78, 5) is 35.3. The van der Waals surface area contributed by atoms with E-state index in [2.05, 4.69) is 80.2 Å². The van der Waals surface area contributed by atoms with Crippen molar-refractivity contribution >= 4 is 28.1 Å². The van der Waals surface area contributed by atoms with Crippen LogP contribution in [0.15, 0.2) is 169 Å². The lowest BCUT2D eigenvalue weighted by Crippen LogP contribution is -2.70. The molecule has 1 fully saturated rings. The maximum absolute atomic E-state index is 15.7. The zero-order valence-electron chi connectivity index (χ0n) is 47.2. The van der Waals surface area contributed by atoms with Crippen LogP contribution in [0.5, 0.6) is 17.2 Å². The van der Waals surface area contributed by atoms with Gasteiger partial charge >= 0.3 is 0 Å². The first kappa shape index (κ1) is 58.5. The van der Waals surface area contributed by atoms with Gasteiger partial charge in [-0.15, -0.1) is 6.58 Å². The van der Waals surface area contributed by atoms with Crippen molar-refractivity contribution in [2.24, 2.45) is 22.9 Å². The number of carbonyl (C=O) groups is 1. The molecule has 0 unspecified atom stereocenters. The van der Waals surface area contributed by atoms with E-state index < -0.39 is 22.7 Å². The highest BCUT2D eigenvalue weighted by Gasteiger charge is 2.65. The Labute approximate surface area is 478 Å². The normalized spacial score (nSPS) is 20.4. The van der Waals surface area contributed by atoms with Gasteiger partial charge in [-0.3, -0.25) is 14.9 Å². The van der Waals surface area contributed by atoms with Gasteiger partial charge in [-0.1, -0.05) is 173 Å². The molecule has 0 aromatic heterocycles. The second-order valence-electron chi connectivity index (χ2n) is 22.2. The van der Waals surface area contributed by atoms with Crippen LogP contribution in [0.4, 0.5) is 5.69 Å². The highest BCUT2D eigenvalue weighted by Crippen LogP contribution is 2.62. The zero-order chi connectivity index (χ0) is 56.4. The Hall–Kier alpha value is -7.12. The van der Waals surface area contributed by atoms with E-state index in [0.29, 0.717) is 47.8 Å². The van der Waals surface area contributed by atoms with Gasteiger partial charge < -0.3 is 34.2 Å². The molecule has 1 amide bonds. The SMILES string of the molecule is C=CCO[C@@]12Oc3ccc(Oc4ccc(-c5ccccc5)cc4)cc3[C@H]3[C@H](CCCCO)[C@@H](CCCCO)C=C(C(=NOCc4ccc([N+](=O)[O-])cc4)C[C@@H]1N(Cc1cccc4ccccc14)C(=O)CCCCCCCCCCC)[C@H]32. The summed E-state index contributed by atoms with van der Waals surface area (Å²) < 4.78 is 21.8. The number of hydrogen-bond donors (Lipinski definition) is 2. The van der Waals surface area contributed by atoms with Gasteiger partial charge in [0.25, 0.3) is 5.69 Å². The second-order valence-corrected chi connectivity index (χ2v) is 22.2. The monoisotopic (exact) mass is 1100 g/mol. The number of ether oxygens (including phenoxy) is 3. The minimum Gasteiger partial charge on any atom is -0.459 e. The van der Waals surface area contributed by atoms with Crippen LogP contribution >= 0.6 is 0 Å². The van der Waals surface area contributed by atoms with Gasteiger partial charge in [0.05, 0.1) is 23.2 Å². The maximum Gasteiger partial charge on any atom is 0.269 e. The number of fused-ring (bicyclic) bond motifs is 3. The number of unbranched alkanes of at least 4 members (excludes halogenated alkanes) is 10. The number of aliphatic hydroxyl groups is 2. The smallest absolute Gasteiger partial charge is 0.269 e. The van der Waals surface area contributed by atoms with Crippen molar-refractivity contribution in [1.29, 1.82) is 0 Å². The average molecular weight is 1100 g/mol. The summed E-state index contributed by atoms with van der Waals surface area (Å²) in [5.74, 6) is -0.267. The molecular formula is C69H81N3O9. The van der Waals surface area contributed by atoms with Crippen LogP contribution in [0.25, 0.3) is 21.9 Å². The summed E-state index contributed by atoms with van der Waals surface area (Å²) >= 11 is 0. The molecule has 12 nitrogen and oxygen atoms in total. The van der Waals surface area contributed by atoms with Crippen molar-refractivity contribution in [3.05, 3.63) is 191 Å². The van der Waals surface area contributed by atoms with E-state index in [1.54, 1.807) is 18.2 Å². The van der Waals surface area contributed by atoms with Gasteiger partial charge in [0.2, 0.25) is 11.7 Å². The first-order chi connectivity index (χ1) is 39.7. The van der Waals surface area contributed by atoms with Gasteiger partial charge in [-0.2, -0.15) is 0 Å². The molecule has 81 heavy (non-hydrogen) atoms. The molecule has 426 valence electrons. The number of non-ortho nitro benzene ring substituents is 1. The van der Waals surface area contributed by atoms with Crippen LogP contribution < -0.4 is 9.47 Å². The van der Waals surface area contributed by atoms with Gasteiger partial charge in [0, 0.05) is 56.2 Å². The van der Waals surface area contributed by atoms with Crippen molar-refractivity contribution in [3.63, 3.8) is 0 Å². The van der Waals surface area contributed by atoms with E-state index >= 15 is 4.79 Å². The van der Waals surface area contributed by atoms with Crippen molar-refractivity contribution in [3.8, 4) is 28.4 Å². The van der Waals surface area contributed by atoms with Crippen LogP contribution in [0.2, 0.25) is 0 Å². The predicted octanol–water partition coefficient (Wildman–Crippen LogP) is 16.0. The first-order valence-electron chi connectivity index (χ1n) is 29.8. The Morgan fingerprint density at radius 3 is 2.19 bits per heavy atom. The summed E-state index contributed by atoms with van der Waals surface area (Å²) in [6, 6.07) is 44.6. The molecule has 2 aliphatic carbocycles. The topological polar surface area (TPSA) is 153 Å². The minimum atomic E-state index is -1.46. The van der Waals surface area contributed by atoms with Crippen molar-refractivity contribution in [2.75, 3.05) is 19.8 Å². The quantitative estimate of drug-likeness (QED) is 0.0187. The highest BCUT2D eigenvalue weighted by molar-refractivity contribution is 6.03. The van der Waals surface area contributed by atoms with E-state index in [4.69, 9.17) is 24.2 Å². The van der Waals surface area contributed by atoms with E-state index in [1.807, 2.05) is 59.5 Å². The molecule has 1 saturated carbocycles. The number of benzene rings is 6. The molecule has 1 heterocycles. The second kappa shape index (κ2) is 29.0. The van der Waals surface area contributed by atoms with Gasteiger partial charge in [-0.25, -0.2) is 0 Å². The lowest BCUT2D eigenvalue weighted by Gasteiger charge is -2.60. The Morgan fingerprint density at radius 1 is 0.778 bits per heavy atom. The number of allylic oxidation sites excluding steroid dienone is 1. The summed E-state index contributed by atoms with van der Waals surface area (Å²) in [5, 5.41) is 39.2. The molecule has 2 N–H and O–H groups in total. The third-order valence-electron chi connectivity index (χ3n) is 16.8. The van der Waals surface area contributed by atoms with E-state index in [0.717, 1.165) is 90.0 Å². The third-order valence-corrected chi connectivity index (χ3v) is 16.8. The third kappa shape index (κ3) is 14.3. The molecule has 6 atom stereocenters. The summed E-state index contributed by atoms with van der Waals surface area (Å²) in [7, 11) is 0. The Morgan fingerprint density at radius 2 is 1.46 bits per heavy atom.